The van der Waals surface area contributed by atoms with Gasteiger partial charge in [-0.2, -0.15) is 0 Å². The van der Waals surface area contributed by atoms with Crippen molar-refractivity contribution < 1.29 is 9.18 Å². The lowest BCUT2D eigenvalue weighted by atomic mass is 10.1. The third-order valence-electron chi connectivity index (χ3n) is 2.86. The molecule has 1 unspecified atom stereocenters. The van der Waals surface area contributed by atoms with Crippen LogP contribution in [-0.4, -0.2) is 18.3 Å². The fourth-order valence-electron chi connectivity index (χ4n) is 1.57. The molecule has 100 valence electrons. The fraction of sp³-hybridized carbons (Fsp3) is 0.500. The summed E-state index contributed by atoms with van der Waals surface area (Å²) in [5, 5.41) is 2.78. The number of hydrogen-bond donors (Lipinski definition) is 1. The number of carbonyl (C=O) groups excluding carboxylic acids is 1. The Labute approximate surface area is 113 Å². The maximum Gasteiger partial charge on any atom is 0.251 e. The van der Waals surface area contributed by atoms with Crippen LogP contribution >= 0.6 is 11.6 Å². The van der Waals surface area contributed by atoms with Gasteiger partial charge in [0.25, 0.3) is 5.91 Å². The SMILES string of the molecule is Cc1ccc(C(=O)NCCCC(C)CCl)cc1F. The summed E-state index contributed by atoms with van der Waals surface area (Å²) in [5.74, 6) is 0.517. The molecule has 0 saturated heterocycles. The molecule has 0 radical (unpaired) electrons. The van der Waals surface area contributed by atoms with Crippen LogP contribution in [-0.2, 0) is 0 Å². The van der Waals surface area contributed by atoms with E-state index in [9.17, 15) is 9.18 Å². The Bertz CT molecular complexity index is 409. The van der Waals surface area contributed by atoms with Gasteiger partial charge in [-0.15, -0.1) is 11.6 Å². The summed E-state index contributed by atoms with van der Waals surface area (Å²) in [6, 6.07) is 4.51. The predicted molar refractivity (Wildman–Crippen MR) is 72.6 cm³/mol. The Morgan fingerprint density at radius 2 is 2.22 bits per heavy atom. The lowest BCUT2D eigenvalue weighted by Gasteiger charge is -2.08. The second-order valence-corrected chi connectivity index (χ2v) is 4.93. The Kier molecular flexibility index (Phi) is 6.13. The first-order valence-electron chi connectivity index (χ1n) is 6.15. The van der Waals surface area contributed by atoms with Crippen LogP contribution in [0.1, 0.15) is 35.7 Å². The predicted octanol–water partition coefficient (Wildman–Crippen LogP) is 3.52. The lowest BCUT2D eigenvalue weighted by Crippen LogP contribution is -2.25. The van der Waals surface area contributed by atoms with Gasteiger partial charge < -0.3 is 5.32 Å². The summed E-state index contributed by atoms with van der Waals surface area (Å²) in [6.45, 7) is 4.34. The first-order chi connectivity index (χ1) is 8.54. The molecule has 2 nitrogen and oxygen atoms in total. The van der Waals surface area contributed by atoms with Crippen LogP contribution in [0.5, 0.6) is 0 Å². The minimum atomic E-state index is -0.349. The monoisotopic (exact) mass is 271 g/mol. The van der Waals surface area contributed by atoms with E-state index in [-0.39, 0.29) is 11.7 Å². The molecule has 1 aromatic carbocycles. The van der Waals surface area contributed by atoms with Crippen LogP contribution in [0.25, 0.3) is 0 Å². The van der Waals surface area contributed by atoms with Gasteiger partial charge in [-0.1, -0.05) is 13.0 Å². The third kappa shape index (κ3) is 4.65. The highest BCUT2D eigenvalue weighted by molar-refractivity contribution is 6.18. The number of carbonyl (C=O) groups is 1. The number of hydrogen-bond acceptors (Lipinski definition) is 1. The van der Waals surface area contributed by atoms with Gasteiger partial charge in [-0.05, 0) is 43.4 Å². The molecule has 0 aromatic heterocycles. The van der Waals surface area contributed by atoms with Crippen molar-refractivity contribution >= 4 is 17.5 Å². The van der Waals surface area contributed by atoms with E-state index < -0.39 is 0 Å². The number of aryl methyl sites for hydroxylation is 1. The highest BCUT2D eigenvalue weighted by Crippen LogP contribution is 2.09. The van der Waals surface area contributed by atoms with Crippen molar-refractivity contribution in [2.24, 2.45) is 5.92 Å². The summed E-state index contributed by atoms with van der Waals surface area (Å²) < 4.78 is 13.3. The second kappa shape index (κ2) is 7.37. The van der Waals surface area contributed by atoms with Gasteiger partial charge >= 0.3 is 0 Å². The van der Waals surface area contributed by atoms with E-state index in [1.165, 1.54) is 6.07 Å². The molecular weight excluding hydrogens is 253 g/mol. The summed E-state index contributed by atoms with van der Waals surface area (Å²) in [7, 11) is 0. The number of amides is 1. The molecule has 0 aliphatic heterocycles. The number of benzene rings is 1. The van der Waals surface area contributed by atoms with Crippen molar-refractivity contribution in [2.75, 3.05) is 12.4 Å². The normalized spacial score (nSPS) is 12.2. The lowest BCUT2D eigenvalue weighted by molar-refractivity contribution is 0.0952. The van der Waals surface area contributed by atoms with E-state index in [1.54, 1.807) is 19.1 Å². The van der Waals surface area contributed by atoms with Crippen LogP contribution in [0.15, 0.2) is 18.2 Å². The summed E-state index contributed by atoms with van der Waals surface area (Å²) >= 11 is 5.69. The average molecular weight is 272 g/mol. The maximum absolute atomic E-state index is 13.3. The van der Waals surface area contributed by atoms with Crippen LogP contribution in [0.3, 0.4) is 0 Å². The molecule has 0 spiro atoms. The molecule has 1 N–H and O–H groups in total. The molecule has 0 bridgehead atoms. The van der Waals surface area contributed by atoms with E-state index >= 15 is 0 Å². The van der Waals surface area contributed by atoms with Crippen LogP contribution < -0.4 is 5.32 Å². The molecule has 0 aliphatic rings. The molecular formula is C14H19ClFNO. The van der Waals surface area contributed by atoms with Crippen LogP contribution in [0, 0.1) is 18.7 Å². The van der Waals surface area contributed by atoms with E-state index in [0.29, 0.717) is 29.5 Å². The second-order valence-electron chi connectivity index (χ2n) is 4.62. The summed E-state index contributed by atoms with van der Waals surface area (Å²) in [5.41, 5.74) is 0.908. The quantitative estimate of drug-likeness (QED) is 0.622. The summed E-state index contributed by atoms with van der Waals surface area (Å²) in [4.78, 5) is 11.7. The van der Waals surface area contributed by atoms with Crippen LogP contribution in [0.4, 0.5) is 4.39 Å². The van der Waals surface area contributed by atoms with E-state index in [1.807, 2.05) is 0 Å². The molecule has 0 saturated carbocycles. The molecule has 1 aromatic rings. The van der Waals surface area contributed by atoms with Crippen molar-refractivity contribution in [3.05, 3.63) is 35.1 Å². The molecule has 4 heteroatoms. The van der Waals surface area contributed by atoms with E-state index in [2.05, 4.69) is 12.2 Å². The minimum absolute atomic E-state index is 0.229. The largest absolute Gasteiger partial charge is 0.352 e. The Balaban J connectivity index is 2.39. The molecule has 1 atom stereocenters. The van der Waals surface area contributed by atoms with Crippen molar-refractivity contribution in [2.45, 2.75) is 26.7 Å². The van der Waals surface area contributed by atoms with Crippen molar-refractivity contribution in [1.29, 1.82) is 0 Å². The zero-order valence-corrected chi connectivity index (χ0v) is 11.6. The number of halogens is 2. The van der Waals surface area contributed by atoms with E-state index in [4.69, 9.17) is 11.6 Å². The smallest absolute Gasteiger partial charge is 0.251 e. The topological polar surface area (TPSA) is 29.1 Å². The van der Waals surface area contributed by atoms with Gasteiger partial charge in [0.15, 0.2) is 0 Å². The van der Waals surface area contributed by atoms with Gasteiger partial charge in [-0.25, -0.2) is 4.39 Å². The van der Waals surface area contributed by atoms with Crippen molar-refractivity contribution in [3.63, 3.8) is 0 Å². The Hall–Kier alpha value is -1.09. The highest BCUT2D eigenvalue weighted by Gasteiger charge is 2.07. The molecule has 0 fully saturated rings. The van der Waals surface area contributed by atoms with Gasteiger partial charge in [0.2, 0.25) is 0 Å². The van der Waals surface area contributed by atoms with Crippen molar-refractivity contribution in [3.8, 4) is 0 Å². The van der Waals surface area contributed by atoms with Crippen LogP contribution in [0.2, 0.25) is 0 Å². The first-order valence-corrected chi connectivity index (χ1v) is 6.68. The zero-order valence-electron chi connectivity index (χ0n) is 10.8. The third-order valence-corrected chi connectivity index (χ3v) is 3.38. The van der Waals surface area contributed by atoms with Crippen molar-refractivity contribution in [1.82, 2.24) is 5.32 Å². The fourth-order valence-corrected chi connectivity index (χ4v) is 1.72. The molecule has 18 heavy (non-hydrogen) atoms. The summed E-state index contributed by atoms with van der Waals surface area (Å²) in [6.07, 6.45) is 1.86. The van der Waals surface area contributed by atoms with Gasteiger partial charge in [-0.3, -0.25) is 4.79 Å². The molecule has 1 amide bonds. The standard InChI is InChI=1S/C14H19ClFNO/c1-10(9-15)4-3-7-17-14(18)12-6-5-11(2)13(16)8-12/h5-6,8,10H,3-4,7,9H2,1-2H3,(H,17,18). The Morgan fingerprint density at radius 3 is 2.83 bits per heavy atom. The molecule has 1 rings (SSSR count). The highest BCUT2D eigenvalue weighted by atomic mass is 35.5. The number of nitrogens with one attached hydrogen (secondary N) is 1. The zero-order chi connectivity index (χ0) is 13.5. The van der Waals surface area contributed by atoms with E-state index in [0.717, 1.165) is 12.8 Å². The number of alkyl halides is 1. The molecule has 0 heterocycles. The first kappa shape index (κ1) is 15.0. The van der Waals surface area contributed by atoms with Gasteiger partial charge in [0, 0.05) is 18.0 Å². The molecule has 0 aliphatic carbocycles. The van der Waals surface area contributed by atoms with Gasteiger partial charge in [0.1, 0.15) is 5.82 Å². The minimum Gasteiger partial charge on any atom is -0.352 e. The van der Waals surface area contributed by atoms with Gasteiger partial charge in [0.05, 0.1) is 0 Å². The Morgan fingerprint density at radius 1 is 1.50 bits per heavy atom. The number of rotatable bonds is 6. The maximum atomic E-state index is 13.3. The average Bonchev–Trinajstić information content (AvgIpc) is 2.37.